The SMILES string of the molecule is CCNC(=NCc1cccc(Cn2cccn2)c1)NCC(C)(C)OC. The van der Waals surface area contributed by atoms with Gasteiger partial charge in [0, 0.05) is 32.6 Å². The summed E-state index contributed by atoms with van der Waals surface area (Å²) < 4.78 is 7.36. The maximum absolute atomic E-state index is 5.44. The molecule has 0 spiro atoms. The zero-order valence-corrected chi connectivity index (χ0v) is 15.6. The van der Waals surface area contributed by atoms with Gasteiger partial charge in [0.1, 0.15) is 0 Å². The van der Waals surface area contributed by atoms with Gasteiger partial charge in [0.2, 0.25) is 0 Å². The van der Waals surface area contributed by atoms with Gasteiger partial charge in [-0.2, -0.15) is 5.10 Å². The van der Waals surface area contributed by atoms with Gasteiger partial charge in [-0.1, -0.05) is 24.3 Å². The predicted molar refractivity (Wildman–Crippen MR) is 102 cm³/mol. The fraction of sp³-hybridized carbons (Fsp3) is 0.474. The summed E-state index contributed by atoms with van der Waals surface area (Å²) in [5, 5.41) is 10.9. The van der Waals surface area contributed by atoms with E-state index in [0.717, 1.165) is 19.0 Å². The van der Waals surface area contributed by atoms with Gasteiger partial charge >= 0.3 is 0 Å². The smallest absolute Gasteiger partial charge is 0.191 e. The molecule has 6 nitrogen and oxygen atoms in total. The molecule has 1 heterocycles. The molecule has 2 N–H and O–H groups in total. The molecule has 0 bridgehead atoms. The molecule has 25 heavy (non-hydrogen) atoms. The highest BCUT2D eigenvalue weighted by molar-refractivity contribution is 5.79. The van der Waals surface area contributed by atoms with Crippen molar-refractivity contribution < 1.29 is 4.74 Å². The third kappa shape index (κ3) is 6.58. The van der Waals surface area contributed by atoms with Crippen LogP contribution in [0.4, 0.5) is 0 Å². The van der Waals surface area contributed by atoms with E-state index < -0.39 is 0 Å². The van der Waals surface area contributed by atoms with Crippen LogP contribution in [0, 0.1) is 0 Å². The minimum Gasteiger partial charge on any atom is -0.377 e. The van der Waals surface area contributed by atoms with Gasteiger partial charge in [-0.3, -0.25) is 4.68 Å². The van der Waals surface area contributed by atoms with Gasteiger partial charge in [-0.15, -0.1) is 0 Å². The van der Waals surface area contributed by atoms with Crippen LogP contribution in [0.1, 0.15) is 31.9 Å². The third-order valence-electron chi connectivity index (χ3n) is 3.89. The second-order valence-corrected chi connectivity index (χ2v) is 6.54. The largest absolute Gasteiger partial charge is 0.377 e. The van der Waals surface area contributed by atoms with Crippen molar-refractivity contribution in [1.82, 2.24) is 20.4 Å². The van der Waals surface area contributed by atoms with Crippen molar-refractivity contribution >= 4 is 5.96 Å². The highest BCUT2D eigenvalue weighted by Gasteiger charge is 2.16. The highest BCUT2D eigenvalue weighted by atomic mass is 16.5. The number of nitrogens with one attached hydrogen (secondary N) is 2. The number of nitrogens with zero attached hydrogens (tertiary/aromatic N) is 3. The molecular weight excluding hydrogens is 314 g/mol. The lowest BCUT2D eigenvalue weighted by atomic mass is 10.1. The van der Waals surface area contributed by atoms with E-state index >= 15 is 0 Å². The van der Waals surface area contributed by atoms with Gasteiger partial charge in [-0.05, 0) is 38.0 Å². The molecule has 136 valence electrons. The fourth-order valence-corrected chi connectivity index (χ4v) is 2.29. The summed E-state index contributed by atoms with van der Waals surface area (Å²) in [5.41, 5.74) is 2.16. The Morgan fingerprint density at radius 1 is 1.24 bits per heavy atom. The molecule has 0 atom stereocenters. The van der Waals surface area contributed by atoms with E-state index in [-0.39, 0.29) is 5.60 Å². The average molecular weight is 343 g/mol. The Morgan fingerprint density at radius 3 is 2.72 bits per heavy atom. The summed E-state index contributed by atoms with van der Waals surface area (Å²) in [4.78, 5) is 4.68. The molecular formula is C19H29N5O. The monoisotopic (exact) mass is 343 g/mol. The number of aliphatic imine (C=N–C) groups is 1. The predicted octanol–water partition coefficient (Wildman–Crippen LogP) is 2.41. The topological polar surface area (TPSA) is 63.5 Å². The Morgan fingerprint density at radius 2 is 2.04 bits per heavy atom. The maximum Gasteiger partial charge on any atom is 0.191 e. The molecule has 1 aromatic heterocycles. The molecule has 6 heteroatoms. The van der Waals surface area contributed by atoms with E-state index in [1.165, 1.54) is 11.1 Å². The third-order valence-corrected chi connectivity index (χ3v) is 3.89. The van der Waals surface area contributed by atoms with Gasteiger partial charge < -0.3 is 15.4 Å². The molecule has 0 unspecified atom stereocenters. The molecule has 0 aliphatic heterocycles. The van der Waals surface area contributed by atoms with Gasteiger partial charge in [0.05, 0.1) is 18.7 Å². The first-order valence-corrected chi connectivity index (χ1v) is 8.65. The van der Waals surface area contributed by atoms with Gasteiger partial charge in [0.25, 0.3) is 0 Å². The van der Waals surface area contributed by atoms with Crippen molar-refractivity contribution in [2.45, 2.75) is 39.5 Å². The number of guanidine groups is 1. The summed E-state index contributed by atoms with van der Waals surface area (Å²) in [6.45, 7) is 9.04. The maximum atomic E-state index is 5.44. The second-order valence-electron chi connectivity index (χ2n) is 6.54. The molecule has 0 aliphatic rings. The van der Waals surface area contributed by atoms with Gasteiger partial charge in [-0.25, -0.2) is 4.99 Å². The lowest BCUT2D eigenvalue weighted by molar-refractivity contribution is 0.0268. The Kier molecular flexibility index (Phi) is 7.01. The van der Waals surface area contributed by atoms with E-state index in [1.54, 1.807) is 13.3 Å². The number of aromatic nitrogens is 2. The summed E-state index contributed by atoms with van der Waals surface area (Å²) >= 11 is 0. The molecule has 1 aromatic carbocycles. The summed E-state index contributed by atoms with van der Waals surface area (Å²) in [6.07, 6.45) is 3.76. The summed E-state index contributed by atoms with van der Waals surface area (Å²) in [7, 11) is 1.72. The Labute approximate surface area is 150 Å². The molecule has 0 amide bonds. The number of methoxy groups -OCH3 is 1. The van der Waals surface area contributed by atoms with Crippen LogP contribution in [0.3, 0.4) is 0 Å². The van der Waals surface area contributed by atoms with Crippen LogP contribution >= 0.6 is 0 Å². The molecule has 0 radical (unpaired) electrons. The lowest BCUT2D eigenvalue weighted by Crippen LogP contribution is -2.45. The molecule has 0 saturated carbocycles. The molecule has 0 fully saturated rings. The van der Waals surface area contributed by atoms with Crippen LogP contribution in [0.2, 0.25) is 0 Å². The minimum atomic E-state index is -0.236. The standard InChI is InChI=1S/C19H29N5O/c1-5-20-18(22-15-19(2,3)25-4)21-13-16-8-6-9-17(12-16)14-24-11-7-10-23-24/h6-12H,5,13-15H2,1-4H3,(H2,20,21,22). The zero-order chi connectivity index (χ0) is 18.1. The van der Waals surface area contributed by atoms with Crippen LogP contribution in [0.5, 0.6) is 0 Å². The average Bonchev–Trinajstić information content (AvgIpc) is 3.11. The van der Waals surface area contributed by atoms with Gasteiger partial charge in [0.15, 0.2) is 5.96 Å². The van der Waals surface area contributed by atoms with E-state index in [9.17, 15) is 0 Å². The number of benzene rings is 1. The van der Waals surface area contributed by atoms with E-state index in [4.69, 9.17) is 4.74 Å². The molecule has 2 aromatic rings. The van der Waals surface area contributed by atoms with Crippen LogP contribution in [0.15, 0.2) is 47.7 Å². The Hall–Kier alpha value is -2.34. The van der Waals surface area contributed by atoms with Crippen LogP contribution in [0.25, 0.3) is 0 Å². The Balaban J connectivity index is 1.99. The van der Waals surface area contributed by atoms with E-state index in [0.29, 0.717) is 13.1 Å². The molecule has 2 rings (SSSR count). The first-order chi connectivity index (χ1) is 12.0. The van der Waals surface area contributed by atoms with E-state index in [1.807, 2.05) is 30.8 Å². The van der Waals surface area contributed by atoms with Crippen molar-refractivity contribution in [3.05, 3.63) is 53.9 Å². The normalized spacial score (nSPS) is 12.2. The van der Waals surface area contributed by atoms with Crippen LogP contribution in [-0.2, 0) is 17.8 Å². The minimum absolute atomic E-state index is 0.236. The first kappa shape index (κ1) is 19.0. The van der Waals surface area contributed by atoms with Crippen molar-refractivity contribution in [3.63, 3.8) is 0 Å². The molecule has 0 saturated heterocycles. The Bertz CT molecular complexity index is 664. The van der Waals surface area contributed by atoms with E-state index in [2.05, 4.69) is 51.9 Å². The quantitative estimate of drug-likeness (QED) is 0.571. The van der Waals surface area contributed by atoms with Crippen LogP contribution < -0.4 is 10.6 Å². The number of hydrogen-bond acceptors (Lipinski definition) is 3. The van der Waals surface area contributed by atoms with Crippen molar-refractivity contribution in [3.8, 4) is 0 Å². The second kappa shape index (κ2) is 9.22. The summed E-state index contributed by atoms with van der Waals surface area (Å²) in [6, 6.07) is 10.4. The lowest BCUT2D eigenvalue weighted by Gasteiger charge is -2.24. The summed E-state index contributed by atoms with van der Waals surface area (Å²) in [5.74, 6) is 0.796. The number of rotatable bonds is 8. The molecule has 0 aliphatic carbocycles. The first-order valence-electron chi connectivity index (χ1n) is 8.65. The van der Waals surface area contributed by atoms with Crippen LogP contribution in [-0.4, -0.2) is 41.5 Å². The number of hydrogen-bond donors (Lipinski definition) is 2. The zero-order valence-electron chi connectivity index (χ0n) is 15.6. The van der Waals surface area contributed by atoms with Crippen molar-refractivity contribution in [1.29, 1.82) is 0 Å². The fourth-order valence-electron chi connectivity index (χ4n) is 2.29. The number of ether oxygens (including phenoxy) is 1. The van der Waals surface area contributed by atoms with Crippen molar-refractivity contribution in [2.75, 3.05) is 20.2 Å². The van der Waals surface area contributed by atoms with Crippen molar-refractivity contribution in [2.24, 2.45) is 4.99 Å². The highest BCUT2D eigenvalue weighted by Crippen LogP contribution is 2.09.